The molecule has 1 saturated carbocycles. The van der Waals surface area contributed by atoms with E-state index in [2.05, 4.69) is 21.5 Å². The van der Waals surface area contributed by atoms with Crippen molar-refractivity contribution in [2.45, 2.75) is 44.4 Å². The number of aliphatic carboxylic acids is 1. The molecule has 1 aliphatic carbocycles. The molecule has 0 bridgehead atoms. The molecule has 1 fully saturated rings. The summed E-state index contributed by atoms with van der Waals surface area (Å²) in [4.78, 5) is 22.6. The van der Waals surface area contributed by atoms with Gasteiger partial charge >= 0.3 is 5.97 Å². The summed E-state index contributed by atoms with van der Waals surface area (Å²) in [7, 11) is 0. The van der Waals surface area contributed by atoms with Gasteiger partial charge in [0.15, 0.2) is 0 Å². The number of H-pyrrole nitrogens is 1. The molecule has 6 nitrogen and oxygen atoms in total. The summed E-state index contributed by atoms with van der Waals surface area (Å²) in [6.07, 6.45) is 5.79. The van der Waals surface area contributed by atoms with Crippen LogP contribution in [0.5, 0.6) is 5.88 Å². The van der Waals surface area contributed by atoms with Crippen LogP contribution < -0.4 is 4.74 Å². The maximum absolute atomic E-state index is 14.8. The minimum Gasteiger partial charge on any atom is -0.481 e. The minimum atomic E-state index is -1.33. The molecule has 0 aliphatic heterocycles. The third-order valence-corrected chi connectivity index (χ3v) is 5.84. The van der Waals surface area contributed by atoms with Gasteiger partial charge in [-0.1, -0.05) is 12.7 Å². The van der Waals surface area contributed by atoms with E-state index in [4.69, 9.17) is 9.84 Å². The van der Waals surface area contributed by atoms with Gasteiger partial charge in [0.05, 0.1) is 17.0 Å². The Kier molecular flexibility index (Phi) is 6.82. The maximum Gasteiger partial charge on any atom is 0.306 e. The standard InChI is InChI=1S/C25H25F2N3O3/c1-2-15(11-19(27)13-23-29-21-9-6-18(26)12-22(21)30-23)17-5-10-24(28-14-17)33-20-7-3-16(4-8-20)25(31)32/h2,5-6,9-12,14,16,19-20H,1,3-4,7-8,13H2,(H,29,30)(H,31,32). The van der Waals surface area contributed by atoms with Gasteiger partial charge in [0.1, 0.15) is 23.9 Å². The quantitative estimate of drug-likeness (QED) is 0.454. The SMILES string of the molecule is C=CC(=CC(F)Cc1nc2ccc(F)cc2[nH]1)c1ccc(OC2CCC(C(=O)O)CC2)nc1. The Morgan fingerprint density at radius 3 is 2.73 bits per heavy atom. The fourth-order valence-corrected chi connectivity index (χ4v) is 4.07. The summed E-state index contributed by atoms with van der Waals surface area (Å²) in [5.41, 5.74) is 2.40. The number of carboxylic acid groups (broad SMARTS) is 1. The van der Waals surface area contributed by atoms with E-state index in [0.29, 0.717) is 59.6 Å². The molecule has 1 aromatic carbocycles. The van der Waals surface area contributed by atoms with Gasteiger partial charge in [0.2, 0.25) is 5.88 Å². The lowest BCUT2D eigenvalue weighted by Crippen LogP contribution is -2.28. The van der Waals surface area contributed by atoms with Crippen LogP contribution in [0, 0.1) is 11.7 Å². The van der Waals surface area contributed by atoms with Gasteiger partial charge < -0.3 is 14.8 Å². The number of ether oxygens (including phenoxy) is 1. The molecule has 8 heteroatoms. The number of rotatable bonds is 8. The van der Waals surface area contributed by atoms with Gasteiger partial charge in [-0.2, -0.15) is 0 Å². The smallest absolute Gasteiger partial charge is 0.306 e. The number of imidazole rings is 1. The molecule has 0 spiro atoms. The second kappa shape index (κ2) is 9.94. The molecule has 2 N–H and O–H groups in total. The monoisotopic (exact) mass is 453 g/mol. The first-order valence-corrected chi connectivity index (χ1v) is 10.9. The Hall–Kier alpha value is -3.55. The Bertz CT molecular complexity index is 1170. The number of alkyl halides is 1. The number of fused-ring (bicyclic) bond motifs is 1. The molecule has 0 amide bonds. The van der Waals surface area contributed by atoms with Crippen LogP contribution >= 0.6 is 0 Å². The molecule has 0 saturated heterocycles. The van der Waals surface area contributed by atoms with Gasteiger partial charge in [0.25, 0.3) is 0 Å². The summed E-state index contributed by atoms with van der Waals surface area (Å²) >= 11 is 0. The number of halogens is 2. The van der Waals surface area contributed by atoms with Gasteiger partial charge in [0, 0.05) is 24.2 Å². The number of hydrogen-bond acceptors (Lipinski definition) is 4. The van der Waals surface area contributed by atoms with Gasteiger partial charge in [-0.15, -0.1) is 0 Å². The molecule has 172 valence electrons. The number of hydrogen-bond donors (Lipinski definition) is 2. The number of allylic oxidation sites excluding steroid dienone is 3. The Morgan fingerprint density at radius 1 is 1.27 bits per heavy atom. The fraction of sp³-hybridized carbons (Fsp3) is 0.320. The highest BCUT2D eigenvalue weighted by molar-refractivity contribution is 5.75. The molecule has 1 aliphatic rings. The largest absolute Gasteiger partial charge is 0.481 e. The molecule has 3 aromatic rings. The zero-order valence-corrected chi connectivity index (χ0v) is 18.0. The summed E-state index contributed by atoms with van der Waals surface area (Å²) in [5.74, 6) is -0.541. The zero-order valence-electron chi connectivity index (χ0n) is 18.0. The molecule has 0 radical (unpaired) electrons. The minimum absolute atomic E-state index is 0.0152. The van der Waals surface area contributed by atoms with Crippen LogP contribution in [-0.2, 0) is 11.2 Å². The average Bonchev–Trinajstić information content (AvgIpc) is 3.19. The van der Waals surface area contributed by atoms with Crippen LogP contribution in [0.25, 0.3) is 16.6 Å². The lowest BCUT2D eigenvalue weighted by atomic mass is 9.87. The predicted octanol–water partition coefficient (Wildman–Crippen LogP) is 5.27. The van der Waals surface area contributed by atoms with E-state index in [9.17, 15) is 13.6 Å². The number of nitrogens with zero attached hydrogens (tertiary/aromatic N) is 2. The Labute approximate surface area is 190 Å². The van der Waals surface area contributed by atoms with Crippen molar-refractivity contribution in [3.8, 4) is 5.88 Å². The molecular formula is C25H25F2N3O3. The number of pyridine rings is 1. The van der Waals surface area contributed by atoms with E-state index >= 15 is 0 Å². The van der Waals surface area contributed by atoms with Gasteiger partial charge in [-0.25, -0.2) is 18.7 Å². The third kappa shape index (κ3) is 5.63. The molecular weight excluding hydrogens is 428 g/mol. The highest BCUT2D eigenvalue weighted by Crippen LogP contribution is 2.28. The van der Waals surface area contributed by atoms with Crippen molar-refractivity contribution >= 4 is 22.6 Å². The van der Waals surface area contributed by atoms with Crippen molar-refractivity contribution in [3.63, 3.8) is 0 Å². The average molecular weight is 453 g/mol. The Morgan fingerprint density at radius 2 is 2.06 bits per heavy atom. The number of aromatic amines is 1. The first kappa shape index (κ1) is 22.6. The van der Waals surface area contributed by atoms with Crippen LogP contribution in [0.1, 0.15) is 37.1 Å². The fourth-order valence-electron chi connectivity index (χ4n) is 4.07. The van der Waals surface area contributed by atoms with Crippen molar-refractivity contribution < 1.29 is 23.4 Å². The normalized spacial score (nSPS) is 19.9. The van der Waals surface area contributed by atoms with Crippen LogP contribution in [0.2, 0.25) is 0 Å². The maximum atomic E-state index is 14.8. The van der Waals surface area contributed by atoms with Crippen LogP contribution in [0.4, 0.5) is 8.78 Å². The summed E-state index contributed by atoms with van der Waals surface area (Å²) < 4.78 is 34.0. The number of nitrogens with one attached hydrogen (secondary N) is 1. The molecule has 4 rings (SSSR count). The summed E-state index contributed by atoms with van der Waals surface area (Å²) in [5, 5.41) is 9.10. The highest BCUT2D eigenvalue weighted by atomic mass is 19.1. The predicted molar refractivity (Wildman–Crippen MR) is 121 cm³/mol. The lowest BCUT2D eigenvalue weighted by molar-refractivity contribution is -0.143. The van der Waals surface area contributed by atoms with E-state index in [1.807, 2.05) is 0 Å². The van der Waals surface area contributed by atoms with E-state index in [1.165, 1.54) is 18.2 Å². The zero-order chi connectivity index (χ0) is 23.4. The van der Waals surface area contributed by atoms with Crippen LogP contribution in [0.3, 0.4) is 0 Å². The number of benzene rings is 1. The van der Waals surface area contributed by atoms with Crippen molar-refractivity contribution in [2.24, 2.45) is 5.92 Å². The molecule has 2 aromatic heterocycles. The van der Waals surface area contributed by atoms with Gasteiger partial charge in [-0.05, 0) is 61.6 Å². The molecule has 2 heterocycles. The van der Waals surface area contributed by atoms with Crippen LogP contribution in [0.15, 0.2) is 55.3 Å². The van der Waals surface area contributed by atoms with E-state index in [0.717, 1.165) is 0 Å². The molecule has 33 heavy (non-hydrogen) atoms. The highest BCUT2D eigenvalue weighted by Gasteiger charge is 2.27. The lowest BCUT2D eigenvalue weighted by Gasteiger charge is -2.26. The summed E-state index contributed by atoms with van der Waals surface area (Å²) in [6.45, 7) is 3.77. The second-order valence-corrected chi connectivity index (χ2v) is 8.21. The van der Waals surface area contributed by atoms with Crippen molar-refractivity contribution in [3.05, 3.63) is 72.5 Å². The topological polar surface area (TPSA) is 88.1 Å². The van der Waals surface area contributed by atoms with E-state index in [-0.39, 0.29) is 24.3 Å². The summed E-state index contributed by atoms with van der Waals surface area (Å²) in [6, 6.07) is 7.70. The number of aromatic nitrogens is 3. The van der Waals surface area contributed by atoms with E-state index < -0.39 is 12.1 Å². The Balaban J connectivity index is 1.38. The first-order valence-electron chi connectivity index (χ1n) is 10.9. The van der Waals surface area contributed by atoms with Gasteiger partial charge in [-0.3, -0.25) is 4.79 Å². The van der Waals surface area contributed by atoms with Crippen molar-refractivity contribution in [1.82, 2.24) is 15.0 Å². The third-order valence-electron chi connectivity index (χ3n) is 5.84. The second-order valence-electron chi connectivity index (χ2n) is 8.21. The number of carbonyl (C=O) groups is 1. The first-order chi connectivity index (χ1) is 15.9. The van der Waals surface area contributed by atoms with Crippen molar-refractivity contribution in [1.29, 1.82) is 0 Å². The molecule has 1 unspecified atom stereocenters. The van der Waals surface area contributed by atoms with Crippen molar-refractivity contribution in [2.75, 3.05) is 0 Å². The number of carboxylic acids is 1. The van der Waals surface area contributed by atoms with E-state index in [1.54, 1.807) is 30.5 Å². The molecule has 1 atom stereocenters. The van der Waals surface area contributed by atoms with Crippen LogP contribution in [-0.4, -0.2) is 38.3 Å².